The molecule has 1 N–H and O–H groups in total. The van der Waals surface area contributed by atoms with Gasteiger partial charge in [-0.2, -0.15) is 11.8 Å². The predicted octanol–water partition coefficient (Wildman–Crippen LogP) is 2.07. The fourth-order valence-corrected chi connectivity index (χ4v) is 4.03. The second kappa shape index (κ2) is 5.41. The third kappa shape index (κ3) is 2.72. The highest BCUT2D eigenvalue weighted by Gasteiger charge is 2.35. The van der Waals surface area contributed by atoms with Crippen molar-refractivity contribution in [3.8, 4) is 0 Å². The molecule has 0 bridgehead atoms. The Balaban J connectivity index is 2.01. The van der Waals surface area contributed by atoms with Crippen LogP contribution in [0, 0.1) is 5.92 Å². The molecule has 16 heavy (non-hydrogen) atoms. The van der Waals surface area contributed by atoms with E-state index in [0.29, 0.717) is 6.04 Å². The minimum atomic E-state index is -0.634. The smallest absolute Gasteiger partial charge is 0.321 e. The molecular formula is C12H21NO2S. The van der Waals surface area contributed by atoms with E-state index in [-0.39, 0.29) is 6.04 Å². The van der Waals surface area contributed by atoms with E-state index < -0.39 is 5.97 Å². The molecule has 92 valence electrons. The predicted molar refractivity (Wildman–Crippen MR) is 66.9 cm³/mol. The van der Waals surface area contributed by atoms with Crippen molar-refractivity contribution in [3.05, 3.63) is 0 Å². The number of carboxylic acid groups (broad SMARTS) is 1. The zero-order chi connectivity index (χ0) is 11.5. The Morgan fingerprint density at radius 1 is 1.44 bits per heavy atom. The number of thioether (sulfide) groups is 1. The maximum absolute atomic E-state index is 11.2. The van der Waals surface area contributed by atoms with Crippen LogP contribution < -0.4 is 0 Å². The van der Waals surface area contributed by atoms with Crippen molar-refractivity contribution >= 4 is 17.7 Å². The summed E-state index contributed by atoms with van der Waals surface area (Å²) >= 11 is 1.78. The van der Waals surface area contributed by atoms with Crippen LogP contribution in [0.2, 0.25) is 0 Å². The molecule has 3 atom stereocenters. The second-order valence-corrected chi connectivity index (χ2v) is 6.24. The third-order valence-electron chi connectivity index (χ3n) is 3.83. The van der Waals surface area contributed by atoms with Gasteiger partial charge in [-0.3, -0.25) is 9.69 Å². The molecule has 0 aromatic carbocycles. The number of nitrogens with zero attached hydrogens (tertiary/aromatic N) is 1. The van der Waals surface area contributed by atoms with Gasteiger partial charge in [0.1, 0.15) is 6.04 Å². The lowest BCUT2D eigenvalue weighted by Crippen LogP contribution is -2.53. The van der Waals surface area contributed by atoms with E-state index in [0.717, 1.165) is 24.0 Å². The Morgan fingerprint density at radius 2 is 2.25 bits per heavy atom. The van der Waals surface area contributed by atoms with Crippen molar-refractivity contribution in [1.82, 2.24) is 4.90 Å². The zero-order valence-electron chi connectivity index (χ0n) is 9.89. The van der Waals surface area contributed by atoms with Crippen molar-refractivity contribution in [1.29, 1.82) is 0 Å². The van der Waals surface area contributed by atoms with Crippen LogP contribution >= 0.6 is 11.8 Å². The molecule has 1 heterocycles. The first-order valence-corrected chi connectivity index (χ1v) is 7.40. The minimum absolute atomic E-state index is 0.242. The van der Waals surface area contributed by atoms with E-state index in [2.05, 4.69) is 11.8 Å². The van der Waals surface area contributed by atoms with E-state index in [1.807, 2.05) is 0 Å². The highest BCUT2D eigenvalue weighted by Crippen LogP contribution is 2.30. The van der Waals surface area contributed by atoms with Crippen LogP contribution in [0.4, 0.5) is 0 Å². The normalized spacial score (nSPS) is 37.2. The summed E-state index contributed by atoms with van der Waals surface area (Å²) in [6.07, 6.45) is 4.96. The van der Waals surface area contributed by atoms with Crippen molar-refractivity contribution in [2.45, 2.75) is 44.7 Å². The third-order valence-corrected chi connectivity index (χ3v) is 4.86. The first kappa shape index (κ1) is 12.2. The van der Waals surface area contributed by atoms with Gasteiger partial charge in [-0.05, 0) is 18.8 Å². The van der Waals surface area contributed by atoms with Gasteiger partial charge in [0.15, 0.2) is 0 Å². The van der Waals surface area contributed by atoms with E-state index in [9.17, 15) is 9.90 Å². The summed E-state index contributed by atoms with van der Waals surface area (Å²) in [7, 11) is 0. The van der Waals surface area contributed by atoms with Gasteiger partial charge >= 0.3 is 5.97 Å². The van der Waals surface area contributed by atoms with Gasteiger partial charge in [-0.15, -0.1) is 0 Å². The Bertz CT molecular complexity index is 259. The molecule has 1 saturated carbocycles. The van der Waals surface area contributed by atoms with Gasteiger partial charge in [0.05, 0.1) is 0 Å². The topological polar surface area (TPSA) is 40.5 Å². The SMILES string of the molecule is CC1CCCC(N2CCSCC2C(=O)O)C1. The van der Waals surface area contributed by atoms with Crippen molar-refractivity contribution in [3.63, 3.8) is 0 Å². The van der Waals surface area contributed by atoms with Crippen LogP contribution in [0.5, 0.6) is 0 Å². The maximum Gasteiger partial charge on any atom is 0.321 e. The highest BCUT2D eigenvalue weighted by molar-refractivity contribution is 7.99. The number of aliphatic carboxylic acids is 1. The van der Waals surface area contributed by atoms with E-state index in [1.54, 1.807) is 11.8 Å². The van der Waals surface area contributed by atoms with Gasteiger partial charge < -0.3 is 5.11 Å². The van der Waals surface area contributed by atoms with Crippen LogP contribution in [0.3, 0.4) is 0 Å². The highest BCUT2D eigenvalue weighted by atomic mass is 32.2. The lowest BCUT2D eigenvalue weighted by Gasteiger charge is -2.42. The molecule has 1 aliphatic carbocycles. The molecule has 1 saturated heterocycles. The summed E-state index contributed by atoms with van der Waals surface area (Å²) in [4.78, 5) is 13.5. The first-order valence-electron chi connectivity index (χ1n) is 6.24. The minimum Gasteiger partial charge on any atom is -0.480 e. The molecule has 3 unspecified atom stereocenters. The quantitative estimate of drug-likeness (QED) is 0.806. The number of carboxylic acids is 1. The monoisotopic (exact) mass is 243 g/mol. The molecule has 0 radical (unpaired) electrons. The van der Waals surface area contributed by atoms with Gasteiger partial charge in [-0.25, -0.2) is 0 Å². The molecule has 2 rings (SSSR count). The molecule has 2 fully saturated rings. The summed E-state index contributed by atoms with van der Waals surface area (Å²) in [5.41, 5.74) is 0. The standard InChI is InChI=1S/C12H21NO2S/c1-9-3-2-4-10(7-9)13-5-6-16-8-11(13)12(14)15/h9-11H,2-8H2,1H3,(H,14,15). The Hall–Kier alpha value is -0.220. The number of hydrogen-bond donors (Lipinski definition) is 1. The fourth-order valence-electron chi connectivity index (χ4n) is 2.97. The summed E-state index contributed by atoms with van der Waals surface area (Å²) in [6, 6.07) is 0.278. The Morgan fingerprint density at radius 3 is 2.94 bits per heavy atom. The van der Waals surface area contributed by atoms with E-state index in [4.69, 9.17) is 0 Å². The summed E-state index contributed by atoms with van der Waals surface area (Å²) < 4.78 is 0. The molecule has 0 aromatic heterocycles. The van der Waals surface area contributed by atoms with Crippen LogP contribution in [0.1, 0.15) is 32.6 Å². The number of carbonyl (C=O) groups is 1. The molecule has 0 spiro atoms. The van der Waals surface area contributed by atoms with Gasteiger partial charge in [0, 0.05) is 24.1 Å². The average Bonchev–Trinajstić information content (AvgIpc) is 2.29. The summed E-state index contributed by atoms with van der Waals surface area (Å²) in [5.74, 6) is 1.99. The molecule has 4 heteroatoms. The summed E-state index contributed by atoms with van der Waals surface area (Å²) in [5, 5.41) is 9.25. The van der Waals surface area contributed by atoms with Gasteiger partial charge in [-0.1, -0.05) is 19.8 Å². The van der Waals surface area contributed by atoms with Crippen molar-refractivity contribution in [2.24, 2.45) is 5.92 Å². The molecule has 0 amide bonds. The average molecular weight is 243 g/mol. The molecular weight excluding hydrogens is 222 g/mol. The van der Waals surface area contributed by atoms with Crippen LogP contribution in [0.25, 0.3) is 0 Å². The largest absolute Gasteiger partial charge is 0.480 e. The second-order valence-electron chi connectivity index (χ2n) is 5.09. The van der Waals surface area contributed by atoms with Crippen LogP contribution in [-0.2, 0) is 4.79 Å². The molecule has 3 nitrogen and oxygen atoms in total. The Labute approximate surface area is 102 Å². The molecule has 1 aliphatic heterocycles. The number of rotatable bonds is 2. The van der Waals surface area contributed by atoms with Crippen LogP contribution in [-0.4, -0.2) is 46.1 Å². The number of hydrogen-bond acceptors (Lipinski definition) is 3. The fraction of sp³-hybridized carbons (Fsp3) is 0.917. The van der Waals surface area contributed by atoms with Crippen molar-refractivity contribution in [2.75, 3.05) is 18.1 Å². The van der Waals surface area contributed by atoms with E-state index >= 15 is 0 Å². The van der Waals surface area contributed by atoms with Gasteiger partial charge in [0.25, 0.3) is 0 Å². The first-order chi connectivity index (χ1) is 7.68. The maximum atomic E-state index is 11.2. The summed E-state index contributed by atoms with van der Waals surface area (Å²) in [6.45, 7) is 3.25. The molecule has 0 aromatic rings. The molecule has 2 aliphatic rings. The lowest BCUT2D eigenvalue weighted by atomic mass is 9.85. The van der Waals surface area contributed by atoms with Crippen LogP contribution in [0.15, 0.2) is 0 Å². The van der Waals surface area contributed by atoms with Crippen molar-refractivity contribution < 1.29 is 9.90 Å². The lowest BCUT2D eigenvalue weighted by molar-refractivity contribution is -0.143. The van der Waals surface area contributed by atoms with Gasteiger partial charge in [0.2, 0.25) is 0 Å². The zero-order valence-corrected chi connectivity index (χ0v) is 10.7. The Kier molecular flexibility index (Phi) is 4.14. The van der Waals surface area contributed by atoms with E-state index in [1.165, 1.54) is 25.7 Å².